The predicted molar refractivity (Wildman–Crippen MR) is 120 cm³/mol. The van der Waals surface area contributed by atoms with E-state index in [2.05, 4.69) is 16.0 Å². The first kappa shape index (κ1) is 30.7. The smallest absolute Gasteiger partial charge is 0.326 e. The van der Waals surface area contributed by atoms with Crippen molar-refractivity contribution in [3.8, 4) is 0 Å². The lowest BCUT2D eigenvalue weighted by Crippen LogP contribution is -2.58. The van der Waals surface area contributed by atoms with Crippen LogP contribution >= 0.6 is 0 Å². The Labute approximate surface area is 197 Å². The van der Waals surface area contributed by atoms with Crippen LogP contribution in [0.2, 0.25) is 0 Å². The molecule has 0 aromatic carbocycles. The van der Waals surface area contributed by atoms with E-state index in [1.54, 1.807) is 13.8 Å². The quantitative estimate of drug-likeness (QED) is 0.0988. The van der Waals surface area contributed by atoms with Gasteiger partial charge in [0.2, 0.25) is 23.6 Å². The van der Waals surface area contributed by atoms with E-state index in [1.165, 1.54) is 0 Å². The molecule has 4 unspecified atom stereocenters. The van der Waals surface area contributed by atoms with Crippen molar-refractivity contribution in [3.05, 3.63) is 0 Å². The average molecular weight is 489 g/mol. The Morgan fingerprint density at radius 1 is 0.824 bits per heavy atom. The Hall–Kier alpha value is -3.26. The van der Waals surface area contributed by atoms with E-state index < -0.39 is 72.1 Å². The Morgan fingerprint density at radius 3 is 1.88 bits per heavy atom. The van der Waals surface area contributed by atoms with Gasteiger partial charge in [-0.3, -0.25) is 24.0 Å². The molecule has 0 heterocycles. The fourth-order valence-corrected chi connectivity index (χ4v) is 2.92. The molecule has 11 N–H and O–H groups in total. The van der Waals surface area contributed by atoms with Crippen molar-refractivity contribution in [2.75, 3.05) is 6.54 Å². The number of carboxylic acid groups (broad SMARTS) is 2. The largest absolute Gasteiger partial charge is 0.481 e. The van der Waals surface area contributed by atoms with Crippen molar-refractivity contribution >= 4 is 35.6 Å². The summed E-state index contributed by atoms with van der Waals surface area (Å²) in [6, 6.07) is -5.07. The Kier molecular flexibility index (Phi) is 14.1. The number of rotatable bonds is 17. The van der Waals surface area contributed by atoms with Crippen molar-refractivity contribution in [2.24, 2.45) is 23.1 Å². The molecule has 0 aromatic rings. The van der Waals surface area contributed by atoms with Gasteiger partial charge in [0.05, 0.1) is 12.5 Å². The zero-order valence-electron chi connectivity index (χ0n) is 19.4. The summed E-state index contributed by atoms with van der Waals surface area (Å²) in [5, 5.41) is 25.3. The number of unbranched alkanes of at least 4 members (excludes halogenated alkanes) is 1. The van der Waals surface area contributed by atoms with Crippen LogP contribution in [-0.4, -0.2) is 76.5 Å². The van der Waals surface area contributed by atoms with Crippen LogP contribution in [-0.2, 0) is 28.8 Å². The van der Waals surface area contributed by atoms with Crippen molar-refractivity contribution < 1.29 is 39.0 Å². The molecule has 0 aliphatic carbocycles. The summed E-state index contributed by atoms with van der Waals surface area (Å²) in [4.78, 5) is 71.0. The lowest BCUT2D eigenvalue weighted by atomic mass is 10.0. The van der Waals surface area contributed by atoms with E-state index >= 15 is 0 Å². The van der Waals surface area contributed by atoms with Gasteiger partial charge in [-0.2, -0.15) is 0 Å². The van der Waals surface area contributed by atoms with E-state index in [1.807, 2.05) is 0 Å². The highest BCUT2D eigenvalue weighted by Gasteiger charge is 2.32. The molecule has 14 nitrogen and oxygen atoms in total. The number of amides is 4. The third-order valence-electron chi connectivity index (χ3n) is 4.85. The van der Waals surface area contributed by atoms with Gasteiger partial charge in [0, 0.05) is 6.42 Å². The first-order valence-corrected chi connectivity index (χ1v) is 10.9. The first-order valence-electron chi connectivity index (χ1n) is 10.9. The Bertz CT molecular complexity index is 745. The minimum atomic E-state index is -1.40. The lowest BCUT2D eigenvalue weighted by Gasteiger charge is -2.27. The summed E-state index contributed by atoms with van der Waals surface area (Å²) in [5.41, 5.74) is 16.1. The van der Waals surface area contributed by atoms with Gasteiger partial charge in [-0.15, -0.1) is 0 Å². The van der Waals surface area contributed by atoms with Crippen molar-refractivity contribution in [1.29, 1.82) is 0 Å². The van der Waals surface area contributed by atoms with Crippen LogP contribution in [0.4, 0.5) is 0 Å². The van der Waals surface area contributed by atoms with Gasteiger partial charge < -0.3 is 43.4 Å². The third kappa shape index (κ3) is 12.1. The minimum Gasteiger partial charge on any atom is -0.481 e. The number of carboxylic acids is 2. The van der Waals surface area contributed by atoms with Crippen LogP contribution in [0.25, 0.3) is 0 Å². The molecule has 4 atom stereocenters. The molecule has 0 saturated carbocycles. The monoisotopic (exact) mass is 488 g/mol. The molecular formula is C20H36N6O8. The zero-order valence-corrected chi connectivity index (χ0v) is 19.4. The summed E-state index contributed by atoms with van der Waals surface area (Å²) in [6.45, 7) is 3.59. The topological polar surface area (TPSA) is 257 Å². The normalized spacial score (nSPS) is 14.4. The molecule has 194 valence electrons. The van der Waals surface area contributed by atoms with E-state index in [-0.39, 0.29) is 19.3 Å². The van der Waals surface area contributed by atoms with Crippen molar-refractivity contribution in [2.45, 2.75) is 76.5 Å². The molecule has 14 heteroatoms. The molecule has 0 fully saturated rings. The summed E-state index contributed by atoms with van der Waals surface area (Å²) < 4.78 is 0. The number of aliphatic carboxylic acids is 2. The molecule has 0 aliphatic rings. The molecule has 0 aliphatic heterocycles. The van der Waals surface area contributed by atoms with Gasteiger partial charge in [-0.1, -0.05) is 13.8 Å². The number of nitrogens with one attached hydrogen (secondary N) is 3. The van der Waals surface area contributed by atoms with Crippen LogP contribution in [0.3, 0.4) is 0 Å². The van der Waals surface area contributed by atoms with Gasteiger partial charge in [-0.25, -0.2) is 4.79 Å². The molecule has 0 saturated heterocycles. The highest BCUT2D eigenvalue weighted by Crippen LogP contribution is 2.08. The molecule has 0 rings (SSSR count). The third-order valence-corrected chi connectivity index (χ3v) is 4.85. The SMILES string of the molecule is CC(C)C(NC(=O)C(CCCCN)NC(=O)C(N)CC(=O)O)C(=O)NC(CCC(N)=O)C(=O)O. The Morgan fingerprint density at radius 2 is 1.41 bits per heavy atom. The van der Waals surface area contributed by atoms with Crippen LogP contribution in [0.15, 0.2) is 0 Å². The summed E-state index contributed by atoms with van der Waals surface area (Å²) >= 11 is 0. The molecule has 0 spiro atoms. The number of carbonyl (C=O) groups excluding carboxylic acids is 4. The summed E-state index contributed by atoms with van der Waals surface area (Å²) in [7, 11) is 0. The van der Waals surface area contributed by atoms with Crippen molar-refractivity contribution in [1.82, 2.24) is 16.0 Å². The van der Waals surface area contributed by atoms with E-state index in [9.17, 15) is 33.9 Å². The lowest BCUT2D eigenvalue weighted by molar-refractivity contribution is -0.143. The molecule has 0 radical (unpaired) electrons. The molecular weight excluding hydrogens is 452 g/mol. The van der Waals surface area contributed by atoms with Crippen LogP contribution in [0, 0.1) is 5.92 Å². The predicted octanol–water partition coefficient (Wildman–Crippen LogP) is -2.62. The van der Waals surface area contributed by atoms with E-state index in [0.717, 1.165) is 0 Å². The fraction of sp³-hybridized carbons (Fsp3) is 0.700. The molecule has 0 bridgehead atoms. The van der Waals surface area contributed by atoms with E-state index in [0.29, 0.717) is 19.4 Å². The van der Waals surface area contributed by atoms with Gasteiger partial charge >= 0.3 is 11.9 Å². The first-order chi connectivity index (χ1) is 15.8. The molecule has 4 amide bonds. The fourth-order valence-electron chi connectivity index (χ4n) is 2.92. The maximum atomic E-state index is 12.9. The second kappa shape index (κ2) is 15.6. The molecule has 0 aromatic heterocycles. The maximum absolute atomic E-state index is 12.9. The number of hydrogen-bond donors (Lipinski definition) is 8. The van der Waals surface area contributed by atoms with Gasteiger partial charge in [0.1, 0.15) is 18.1 Å². The average Bonchev–Trinajstić information content (AvgIpc) is 2.72. The van der Waals surface area contributed by atoms with Gasteiger partial charge in [0.25, 0.3) is 0 Å². The van der Waals surface area contributed by atoms with Crippen LogP contribution < -0.4 is 33.2 Å². The van der Waals surface area contributed by atoms with E-state index in [4.69, 9.17) is 22.3 Å². The maximum Gasteiger partial charge on any atom is 0.326 e. The van der Waals surface area contributed by atoms with Crippen molar-refractivity contribution in [3.63, 3.8) is 0 Å². The highest BCUT2D eigenvalue weighted by molar-refractivity contribution is 5.94. The van der Waals surface area contributed by atoms with Crippen LogP contribution in [0.5, 0.6) is 0 Å². The van der Waals surface area contributed by atoms with Gasteiger partial charge in [0.15, 0.2) is 0 Å². The zero-order chi connectivity index (χ0) is 26.4. The summed E-state index contributed by atoms with van der Waals surface area (Å²) in [5.74, 6) is -6.23. The number of nitrogens with two attached hydrogens (primary N) is 3. The Balaban J connectivity index is 5.44. The number of primary amides is 1. The van der Waals surface area contributed by atoms with Gasteiger partial charge in [-0.05, 0) is 38.1 Å². The second-order valence-corrected chi connectivity index (χ2v) is 8.18. The van der Waals surface area contributed by atoms with Crippen LogP contribution in [0.1, 0.15) is 52.4 Å². The number of carbonyl (C=O) groups is 6. The standard InChI is InChI=1S/C20H36N6O8/c1-10(2)16(19(32)25-13(20(33)34)6-7-14(23)27)26-18(31)12(5-3-4-8-21)24-17(30)11(22)9-15(28)29/h10-13,16H,3-9,21-22H2,1-2H3,(H2,23,27)(H,24,30)(H,25,32)(H,26,31)(H,28,29)(H,33,34). The summed E-state index contributed by atoms with van der Waals surface area (Å²) in [6.07, 6.45) is 0.0281. The minimum absolute atomic E-state index is 0.150. The molecule has 34 heavy (non-hydrogen) atoms. The highest BCUT2D eigenvalue weighted by atomic mass is 16.4. The number of hydrogen-bond acceptors (Lipinski definition) is 8. The second-order valence-electron chi connectivity index (χ2n) is 8.18.